The molecule has 3 aliphatic rings. The van der Waals surface area contributed by atoms with Crippen molar-refractivity contribution in [2.24, 2.45) is 17.8 Å². The van der Waals surface area contributed by atoms with Crippen molar-refractivity contribution < 1.29 is 29.0 Å². The lowest BCUT2D eigenvalue weighted by atomic mass is 9.72. The minimum atomic E-state index is -1.58. The van der Waals surface area contributed by atoms with E-state index in [0.717, 1.165) is 37.7 Å². The van der Waals surface area contributed by atoms with Gasteiger partial charge in [0, 0.05) is 17.6 Å². The van der Waals surface area contributed by atoms with Gasteiger partial charge >= 0.3 is 5.97 Å². The maximum atomic E-state index is 14.1. The number of hydrogen-bond acceptors (Lipinski definition) is 6. The van der Waals surface area contributed by atoms with Crippen LogP contribution >= 0.6 is 0 Å². The minimum Gasteiger partial charge on any atom is -0.493 e. The number of carbonyl (C=O) groups excluding carboxylic acids is 2. The number of nitrogens with one attached hydrogen (secondary N) is 1. The van der Waals surface area contributed by atoms with Crippen LogP contribution in [0.5, 0.6) is 11.5 Å². The van der Waals surface area contributed by atoms with Crippen molar-refractivity contribution in [3.63, 3.8) is 0 Å². The summed E-state index contributed by atoms with van der Waals surface area (Å²) >= 11 is 0. The number of amides is 2. The van der Waals surface area contributed by atoms with Crippen molar-refractivity contribution in [2.45, 2.75) is 76.6 Å². The Bertz CT molecular complexity index is 1230. The molecule has 2 aromatic carbocycles. The number of carboxylic acids is 1. The molecule has 208 valence electrons. The number of nitrogens with zero attached hydrogens (tertiary/aromatic N) is 1. The number of hydrogen-bond donors (Lipinski definition) is 2. The number of aliphatic carboxylic acids is 1. The van der Waals surface area contributed by atoms with Gasteiger partial charge in [0.05, 0.1) is 18.9 Å². The second-order valence-electron chi connectivity index (χ2n) is 11.1. The number of para-hydroxylation sites is 1. The van der Waals surface area contributed by atoms with Gasteiger partial charge in [-0.3, -0.25) is 24.6 Å². The number of rotatable bonds is 9. The van der Waals surface area contributed by atoms with Crippen LogP contribution in [-0.4, -0.2) is 46.5 Å². The number of fused-ring (bicyclic) bond motifs is 1. The van der Waals surface area contributed by atoms with Crippen LogP contribution in [0.3, 0.4) is 0 Å². The predicted molar refractivity (Wildman–Crippen MR) is 145 cm³/mol. The highest BCUT2D eigenvalue weighted by molar-refractivity contribution is 6.10. The summed E-state index contributed by atoms with van der Waals surface area (Å²) in [5.41, 5.74) is 0.0000655. The van der Waals surface area contributed by atoms with Gasteiger partial charge in [-0.2, -0.15) is 0 Å². The maximum absolute atomic E-state index is 14.1. The number of carbonyl (C=O) groups is 3. The largest absolute Gasteiger partial charge is 0.493 e. The molecule has 2 amide bonds. The molecule has 2 aliphatic heterocycles. The van der Waals surface area contributed by atoms with Crippen molar-refractivity contribution in [1.82, 2.24) is 10.2 Å². The van der Waals surface area contributed by atoms with Gasteiger partial charge in [0.2, 0.25) is 11.8 Å². The van der Waals surface area contributed by atoms with Gasteiger partial charge in [0.15, 0.2) is 11.5 Å². The molecule has 0 spiro atoms. The van der Waals surface area contributed by atoms with Gasteiger partial charge in [-0.25, -0.2) is 0 Å². The van der Waals surface area contributed by atoms with Crippen LogP contribution in [0.1, 0.15) is 69.5 Å². The molecule has 0 bridgehead atoms. The molecule has 2 heterocycles. The summed E-state index contributed by atoms with van der Waals surface area (Å²) in [5, 5.41) is 14.0. The standard InChI is InChI=1S/C31H38N2O6/c1-4-19(2)31(30(36)37)25-24(28(34)33(29(25)35)21-14-9-6-10-15-21)26(32-31)22-16-11-17-23(38-3)27(22)39-18-20-12-7-5-8-13-20/h5,7-8,11-13,16-17,19,21,24-26,32H,4,6,9-10,14-15,18H2,1-3H3,(H,36,37). The SMILES string of the molecule is CCC(C)C1(C(=O)O)NC(c2cccc(OC)c2OCc2ccccc2)C2C(=O)N(C3CCCCC3)C(=O)C21. The monoisotopic (exact) mass is 534 g/mol. The van der Waals surface area contributed by atoms with Crippen LogP contribution in [0.15, 0.2) is 48.5 Å². The topological polar surface area (TPSA) is 105 Å². The summed E-state index contributed by atoms with van der Waals surface area (Å²) in [5.74, 6) is -3.05. The predicted octanol–water partition coefficient (Wildman–Crippen LogP) is 4.72. The first-order valence-corrected chi connectivity index (χ1v) is 14.1. The zero-order chi connectivity index (χ0) is 27.7. The highest BCUT2D eigenvalue weighted by Crippen LogP contribution is 2.55. The van der Waals surface area contributed by atoms with Crippen LogP contribution < -0.4 is 14.8 Å². The Morgan fingerprint density at radius 3 is 2.44 bits per heavy atom. The van der Waals surface area contributed by atoms with Crippen molar-refractivity contribution >= 4 is 17.8 Å². The fraction of sp³-hybridized carbons (Fsp3) is 0.516. The number of imide groups is 1. The molecular weight excluding hydrogens is 496 g/mol. The van der Waals surface area contributed by atoms with E-state index in [9.17, 15) is 19.5 Å². The molecule has 5 rings (SSSR count). The first-order chi connectivity index (χ1) is 18.8. The lowest BCUT2D eigenvalue weighted by molar-refractivity contribution is -0.155. The molecule has 0 aromatic heterocycles. The third-order valence-electron chi connectivity index (χ3n) is 9.10. The fourth-order valence-electron chi connectivity index (χ4n) is 6.93. The minimum absolute atomic E-state index is 0.174. The molecule has 0 radical (unpaired) electrons. The Morgan fingerprint density at radius 2 is 1.79 bits per heavy atom. The molecule has 3 fully saturated rings. The van der Waals surface area contributed by atoms with Crippen LogP contribution in [0.2, 0.25) is 0 Å². The first-order valence-electron chi connectivity index (χ1n) is 14.1. The molecule has 5 unspecified atom stereocenters. The molecule has 1 aliphatic carbocycles. The van der Waals surface area contributed by atoms with E-state index in [4.69, 9.17) is 9.47 Å². The average molecular weight is 535 g/mol. The van der Waals surface area contributed by atoms with Crippen LogP contribution in [-0.2, 0) is 21.0 Å². The molecule has 39 heavy (non-hydrogen) atoms. The van der Waals surface area contributed by atoms with Gasteiger partial charge in [-0.05, 0) is 30.4 Å². The number of methoxy groups -OCH3 is 1. The van der Waals surface area contributed by atoms with Crippen molar-refractivity contribution in [2.75, 3.05) is 7.11 Å². The van der Waals surface area contributed by atoms with E-state index in [1.807, 2.05) is 56.3 Å². The molecular formula is C31H38N2O6. The lowest BCUT2D eigenvalue weighted by Crippen LogP contribution is -2.60. The Morgan fingerprint density at radius 1 is 1.08 bits per heavy atom. The summed E-state index contributed by atoms with van der Waals surface area (Å²) in [7, 11) is 1.55. The van der Waals surface area contributed by atoms with Gasteiger partial charge in [-0.15, -0.1) is 0 Å². The number of benzene rings is 2. The molecule has 2 aromatic rings. The van der Waals surface area contributed by atoms with E-state index in [2.05, 4.69) is 5.32 Å². The number of ether oxygens (including phenoxy) is 2. The van der Waals surface area contributed by atoms with Gasteiger partial charge in [0.1, 0.15) is 12.1 Å². The van der Waals surface area contributed by atoms with Gasteiger partial charge in [0.25, 0.3) is 0 Å². The number of carboxylic acid groups (broad SMARTS) is 1. The Labute approximate surface area is 229 Å². The highest BCUT2D eigenvalue weighted by atomic mass is 16.5. The quantitative estimate of drug-likeness (QED) is 0.449. The van der Waals surface area contributed by atoms with E-state index in [1.165, 1.54) is 4.90 Å². The molecule has 2 N–H and O–H groups in total. The van der Waals surface area contributed by atoms with E-state index in [1.54, 1.807) is 13.2 Å². The third-order valence-corrected chi connectivity index (χ3v) is 9.10. The summed E-state index contributed by atoms with van der Waals surface area (Å²) in [6.07, 6.45) is 5.08. The van der Waals surface area contributed by atoms with Crippen LogP contribution in [0.25, 0.3) is 0 Å². The smallest absolute Gasteiger partial charge is 0.325 e. The fourth-order valence-corrected chi connectivity index (χ4v) is 6.93. The Kier molecular flexibility index (Phi) is 7.67. The number of likely N-dealkylation sites (tertiary alicyclic amines) is 1. The van der Waals surface area contributed by atoms with Gasteiger partial charge < -0.3 is 14.6 Å². The third kappa shape index (κ3) is 4.48. The van der Waals surface area contributed by atoms with E-state index in [0.29, 0.717) is 23.5 Å². The van der Waals surface area contributed by atoms with Gasteiger partial charge in [-0.1, -0.05) is 82.0 Å². The Balaban J connectivity index is 1.61. The molecule has 2 saturated heterocycles. The average Bonchev–Trinajstić information content (AvgIpc) is 3.46. The zero-order valence-electron chi connectivity index (χ0n) is 22.9. The zero-order valence-corrected chi connectivity index (χ0v) is 22.9. The maximum Gasteiger partial charge on any atom is 0.325 e. The second kappa shape index (κ2) is 11.0. The molecule has 5 atom stereocenters. The lowest BCUT2D eigenvalue weighted by Gasteiger charge is -2.37. The Hall–Kier alpha value is -3.39. The van der Waals surface area contributed by atoms with Crippen LogP contribution in [0.4, 0.5) is 0 Å². The van der Waals surface area contributed by atoms with Crippen molar-refractivity contribution in [3.05, 3.63) is 59.7 Å². The van der Waals surface area contributed by atoms with E-state index in [-0.39, 0.29) is 24.5 Å². The summed E-state index contributed by atoms with van der Waals surface area (Å²) in [4.78, 5) is 42.7. The molecule has 8 nitrogen and oxygen atoms in total. The summed E-state index contributed by atoms with van der Waals surface area (Å²) in [6.45, 7) is 4.03. The first kappa shape index (κ1) is 27.2. The molecule has 1 saturated carbocycles. The highest BCUT2D eigenvalue weighted by Gasteiger charge is 2.70. The normalized spacial score (nSPS) is 27.9. The summed E-state index contributed by atoms with van der Waals surface area (Å²) < 4.78 is 12.0. The second-order valence-corrected chi connectivity index (χ2v) is 11.1. The molecule has 8 heteroatoms. The van der Waals surface area contributed by atoms with Crippen molar-refractivity contribution in [3.8, 4) is 11.5 Å². The van der Waals surface area contributed by atoms with Crippen LogP contribution in [0, 0.1) is 17.8 Å². The van der Waals surface area contributed by atoms with E-state index < -0.39 is 35.3 Å². The van der Waals surface area contributed by atoms with E-state index >= 15 is 0 Å². The summed E-state index contributed by atoms with van der Waals surface area (Å²) in [6, 6.07) is 14.2. The van der Waals surface area contributed by atoms with Crippen molar-refractivity contribution in [1.29, 1.82) is 0 Å².